The lowest BCUT2D eigenvalue weighted by atomic mass is 10.0. The zero-order valence-electron chi connectivity index (χ0n) is 17.5. The van der Waals surface area contributed by atoms with Crippen LogP contribution in [0, 0.1) is 6.92 Å². The lowest BCUT2D eigenvalue weighted by Crippen LogP contribution is -2.07. The number of carbonyl (C=O) groups excluding carboxylic acids is 1. The van der Waals surface area contributed by atoms with Gasteiger partial charge in [-0.3, -0.25) is 9.59 Å². The van der Waals surface area contributed by atoms with Gasteiger partial charge in [0.1, 0.15) is 5.75 Å². The van der Waals surface area contributed by atoms with E-state index in [2.05, 4.69) is 5.32 Å². The third-order valence-electron chi connectivity index (χ3n) is 4.60. The van der Waals surface area contributed by atoms with Crippen molar-refractivity contribution in [2.24, 2.45) is 0 Å². The third-order valence-corrected chi connectivity index (χ3v) is 4.60. The number of anilines is 1. The van der Waals surface area contributed by atoms with Crippen LogP contribution in [0.3, 0.4) is 0 Å². The SMILES string of the molecule is COc1cc2nc(-c3cc(OC)c4c(c3)OCO4)cc(C)c2cc1NC(C)=O.O=CO. The predicted molar refractivity (Wildman–Crippen MR) is 114 cm³/mol. The molecule has 1 aliphatic rings. The Morgan fingerprint density at radius 1 is 1.13 bits per heavy atom. The fourth-order valence-corrected chi connectivity index (χ4v) is 3.30. The molecule has 0 atom stereocenters. The van der Waals surface area contributed by atoms with Gasteiger partial charge in [0.2, 0.25) is 18.4 Å². The first kappa shape index (κ1) is 21.7. The molecule has 0 fully saturated rings. The Hall–Kier alpha value is -4.01. The van der Waals surface area contributed by atoms with Gasteiger partial charge < -0.3 is 29.4 Å². The monoisotopic (exact) mass is 426 g/mol. The molecule has 2 heterocycles. The minimum absolute atomic E-state index is 0.160. The van der Waals surface area contributed by atoms with Crippen LogP contribution in [0.25, 0.3) is 22.2 Å². The fourth-order valence-electron chi connectivity index (χ4n) is 3.30. The van der Waals surface area contributed by atoms with Crippen LogP contribution in [-0.2, 0) is 9.59 Å². The first-order valence-electron chi connectivity index (χ1n) is 9.24. The van der Waals surface area contributed by atoms with E-state index in [0.29, 0.717) is 28.7 Å². The topological polar surface area (TPSA) is 116 Å². The second-order valence-electron chi connectivity index (χ2n) is 6.59. The van der Waals surface area contributed by atoms with E-state index < -0.39 is 0 Å². The molecule has 0 radical (unpaired) electrons. The molecule has 162 valence electrons. The van der Waals surface area contributed by atoms with E-state index in [1.54, 1.807) is 14.2 Å². The van der Waals surface area contributed by atoms with Crippen LogP contribution in [0.1, 0.15) is 12.5 Å². The number of benzene rings is 2. The van der Waals surface area contributed by atoms with Crippen molar-refractivity contribution >= 4 is 29.0 Å². The summed E-state index contributed by atoms with van der Waals surface area (Å²) in [5, 5.41) is 10.6. The Morgan fingerprint density at radius 2 is 1.84 bits per heavy atom. The van der Waals surface area contributed by atoms with Crippen molar-refractivity contribution in [3.8, 4) is 34.3 Å². The summed E-state index contributed by atoms with van der Waals surface area (Å²) in [4.78, 5) is 24.6. The van der Waals surface area contributed by atoms with Crippen molar-refractivity contribution in [1.82, 2.24) is 4.98 Å². The summed E-state index contributed by atoms with van der Waals surface area (Å²) in [5.74, 6) is 2.23. The molecule has 1 aliphatic heterocycles. The first-order chi connectivity index (χ1) is 14.9. The molecule has 0 saturated carbocycles. The molecule has 0 bridgehead atoms. The number of methoxy groups -OCH3 is 2. The molecular formula is C22H22N2O7. The summed E-state index contributed by atoms with van der Waals surface area (Å²) in [6, 6.07) is 9.46. The van der Waals surface area contributed by atoms with Crippen molar-refractivity contribution in [3.05, 3.63) is 35.9 Å². The Bertz CT molecular complexity index is 1140. The quantitative estimate of drug-likeness (QED) is 0.608. The molecule has 1 aromatic heterocycles. The van der Waals surface area contributed by atoms with Crippen molar-refractivity contribution in [2.75, 3.05) is 26.3 Å². The number of aryl methyl sites for hydroxylation is 1. The average Bonchev–Trinajstić information content (AvgIpc) is 3.22. The molecular weight excluding hydrogens is 404 g/mol. The van der Waals surface area contributed by atoms with Gasteiger partial charge in [0.05, 0.1) is 31.1 Å². The van der Waals surface area contributed by atoms with Crippen LogP contribution >= 0.6 is 0 Å². The number of hydrogen-bond acceptors (Lipinski definition) is 7. The Balaban J connectivity index is 0.000000858. The maximum atomic E-state index is 11.5. The molecule has 2 aromatic carbocycles. The summed E-state index contributed by atoms with van der Waals surface area (Å²) in [5.41, 5.74) is 4.03. The number of carbonyl (C=O) groups is 2. The highest BCUT2D eigenvalue weighted by Crippen LogP contribution is 2.44. The van der Waals surface area contributed by atoms with Crippen LogP contribution in [0.15, 0.2) is 30.3 Å². The average molecular weight is 426 g/mol. The number of ether oxygens (including phenoxy) is 4. The van der Waals surface area contributed by atoms with Crippen LogP contribution in [0.5, 0.6) is 23.0 Å². The van der Waals surface area contributed by atoms with E-state index in [9.17, 15) is 4.79 Å². The molecule has 3 aromatic rings. The molecule has 1 amide bonds. The predicted octanol–water partition coefficient (Wildman–Crippen LogP) is 3.62. The Morgan fingerprint density at radius 3 is 2.48 bits per heavy atom. The fraction of sp³-hybridized carbons (Fsp3) is 0.227. The van der Waals surface area contributed by atoms with Crippen molar-refractivity contribution in [2.45, 2.75) is 13.8 Å². The third kappa shape index (κ3) is 4.45. The summed E-state index contributed by atoms with van der Waals surface area (Å²) < 4.78 is 21.8. The Labute approximate surface area is 178 Å². The molecule has 31 heavy (non-hydrogen) atoms. The molecule has 4 rings (SSSR count). The van der Waals surface area contributed by atoms with E-state index in [4.69, 9.17) is 33.8 Å². The number of nitrogens with one attached hydrogen (secondary N) is 1. The van der Waals surface area contributed by atoms with Gasteiger partial charge in [-0.2, -0.15) is 0 Å². The molecule has 9 nitrogen and oxygen atoms in total. The van der Waals surface area contributed by atoms with Crippen LogP contribution < -0.4 is 24.3 Å². The number of hydrogen-bond donors (Lipinski definition) is 2. The smallest absolute Gasteiger partial charge is 0.290 e. The highest BCUT2D eigenvalue weighted by molar-refractivity contribution is 5.96. The van der Waals surface area contributed by atoms with E-state index in [1.165, 1.54) is 6.92 Å². The van der Waals surface area contributed by atoms with E-state index in [1.807, 2.05) is 37.3 Å². The standard InChI is InChI=1S/C21H20N2O5.CH2O2/c1-11-5-15(13-6-19(26-4)21-20(7-13)27-10-28-21)23-16-9-18(25-3)17(8-14(11)16)22-12(2)24;2-1-3/h5-9H,10H2,1-4H3,(H,22,24);1H,(H,2,3). The maximum absolute atomic E-state index is 11.5. The molecule has 2 N–H and O–H groups in total. The lowest BCUT2D eigenvalue weighted by molar-refractivity contribution is -0.123. The summed E-state index contributed by atoms with van der Waals surface area (Å²) in [6.45, 7) is 3.38. The van der Waals surface area contributed by atoms with E-state index >= 15 is 0 Å². The van der Waals surface area contributed by atoms with Crippen molar-refractivity contribution in [3.63, 3.8) is 0 Å². The van der Waals surface area contributed by atoms with Gasteiger partial charge in [-0.25, -0.2) is 4.98 Å². The van der Waals surface area contributed by atoms with Crippen LogP contribution in [0.2, 0.25) is 0 Å². The minimum atomic E-state index is -0.250. The van der Waals surface area contributed by atoms with Crippen molar-refractivity contribution < 1.29 is 33.6 Å². The normalized spacial score (nSPS) is 11.4. The number of aromatic nitrogens is 1. The van der Waals surface area contributed by atoms with Gasteiger partial charge >= 0.3 is 0 Å². The largest absolute Gasteiger partial charge is 0.494 e. The van der Waals surface area contributed by atoms with E-state index in [-0.39, 0.29) is 19.2 Å². The van der Waals surface area contributed by atoms with E-state index in [0.717, 1.165) is 27.7 Å². The zero-order chi connectivity index (χ0) is 22.5. The number of rotatable bonds is 4. The van der Waals surface area contributed by atoms with Crippen LogP contribution in [-0.4, -0.2) is 43.5 Å². The van der Waals surface area contributed by atoms with Crippen molar-refractivity contribution in [1.29, 1.82) is 0 Å². The molecule has 0 aliphatic carbocycles. The van der Waals surface area contributed by atoms with Gasteiger partial charge in [0.15, 0.2) is 11.5 Å². The summed E-state index contributed by atoms with van der Waals surface area (Å²) in [7, 11) is 3.15. The second kappa shape index (κ2) is 9.21. The summed E-state index contributed by atoms with van der Waals surface area (Å²) >= 11 is 0. The lowest BCUT2D eigenvalue weighted by Gasteiger charge is -2.13. The number of nitrogens with zero attached hydrogens (tertiary/aromatic N) is 1. The van der Waals surface area contributed by atoms with Gasteiger partial charge in [-0.15, -0.1) is 0 Å². The minimum Gasteiger partial charge on any atom is -0.494 e. The maximum Gasteiger partial charge on any atom is 0.290 e. The second-order valence-corrected chi connectivity index (χ2v) is 6.59. The highest BCUT2D eigenvalue weighted by atomic mass is 16.7. The number of carboxylic acid groups (broad SMARTS) is 1. The van der Waals surface area contributed by atoms with Crippen LogP contribution in [0.4, 0.5) is 5.69 Å². The first-order valence-corrected chi connectivity index (χ1v) is 9.24. The summed E-state index contributed by atoms with van der Waals surface area (Å²) in [6.07, 6.45) is 0. The van der Waals surface area contributed by atoms with Gasteiger partial charge in [-0.05, 0) is 36.8 Å². The molecule has 0 unspecified atom stereocenters. The number of amides is 1. The molecule has 9 heteroatoms. The highest BCUT2D eigenvalue weighted by Gasteiger charge is 2.21. The Kier molecular flexibility index (Phi) is 6.44. The van der Waals surface area contributed by atoms with Gasteiger partial charge in [0.25, 0.3) is 6.47 Å². The molecule has 0 saturated heterocycles. The zero-order valence-corrected chi connectivity index (χ0v) is 17.5. The number of pyridine rings is 1. The van der Waals surface area contributed by atoms with Gasteiger partial charge in [-0.1, -0.05) is 0 Å². The van der Waals surface area contributed by atoms with Gasteiger partial charge in [0, 0.05) is 23.9 Å². The number of fused-ring (bicyclic) bond motifs is 2. The molecule has 0 spiro atoms.